The maximum Gasteiger partial charge on any atom is 0.311 e. The first-order chi connectivity index (χ1) is 11.1. The minimum atomic E-state index is -0.323. The second-order valence-electron chi connectivity index (χ2n) is 6.69. The van der Waals surface area contributed by atoms with Crippen LogP contribution >= 0.6 is 0 Å². The average Bonchev–Trinajstić information content (AvgIpc) is 2.99. The molecule has 1 aromatic carbocycles. The lowest BCUT2D eigenvalue weighted by molar-refractivity contribution is -0.384. The van der Waals surface area contributed by atoms with E-state index in [9.17, 15) is 10.1 Å². The second-order valence-corrected chi connectivity index (χ2v) is 6.69. The molecule has 0 radical (unpaired) electrons. The molecule has 6 nitrogen and oxygen atoms in total. The summed E-state index contributed by atoms with van der Waals surface area (Å²) in [6.07, 6.45) is 4.79. The van der Waals surface area contributed by atoms with E-state index in [0.29, 0.717) is 17.5 Å². The van der Waals surface area contributed by atoms with Gasteiger partial charge >= 0.3 is 5.69 Å². The Labute approximate surface area is 134 Å². The molecule has 2 N–H and O–H groups in total. The number of fused-ring (bicyclic) bond motifs is 2. The third kappa shape index (κ3) is 2.34. The quantitative estimate of drug-likeness (QED) is 0.680. The number of nitrogens with two attached hydrogens (primary N) is 1. The molecule has 0 spiro atoms. The maximum absolute atomic E-state index is 11.5. The Morgan fingerprint density at radius 2 is 2.09 bits per heavy atom. The van der Waals surface area contributed by atoms with Crippen molar-refractivity contribution < 1.29 is 4.92 Å². The topological polar surface area (TPSA) is 85.3 Å². The van der Waals surface area contributed by atoms with Crippen molar-refractivity contribution in [2.45, 2.75) is 25.3 Å². The van der Waals surface area contributed by atoms with Gasteiger partial charge in [-0.25, -0.2) is 4.98 Å². The molecule has 1 aromatic heterocycles. The van der Waals surface area contributed by atoms with E-state index in [1.165, 1.54) is 12.6 Å². The monoisotopic (exact) mass is 312 g/mol. The van der Waals surface area contributed by atoms with Crippen LogP contribution in [-0.2, 0) is 0 Å². The molecular formula is C17H20N4O2. The van der Waals surface area contributed by atoms with Crippen molar-refractivity contribution in [2.75, 3.05) is 18.0 Å². The zero-order valence-electron chi connectivity index (χ0n) is 12.9. The molecular weight excluding hydrogens is 292 g/mol. The molecule has 1 saturated heterocycles. The van der Waals surface area contributed by atoms with E-state index < -0.39 is 0 Å². The lowest BCUT2D eigenvalue weighted by Crippen LogP contribution is -2.38. The molecule has 3 atom stereocenters. The molecule has 2 heterocycles. The van der Waals surface area contributed by atoms with Crippen molar-refractivity contribution in [2.24, 2.45) is 17.6 Å². The van der Waals surface area contributed by atoms with E-state index in [1.807, 2.05) is 24.3 Å². The van der Waals surface area contributed by atoms with Crippen LogP contribution in [0.3, 0.4) is 0 Å². The predicted molar refractivity (Wildman–Crippen MR) is 89.4 cm³/mol. The normalized spacial score (nSPS) is 27.2. The first-order valence-electron chi connectivity index (χ1n) is 8.18. The van der Waals surface area contributed by atoms with Gasteiger partial charge in [-0.05, 0) is 30.7 Å². The number of nitrogens with zero attached hydrogens (tertiary/aromatic N) is 3. The van der Waals surface area contributed by atoms with Gasteiger partial charge < -0.3 is 10.6 Å². The molecule has 23 heavy (non-hydrogen) atoms. The zero-order valence-corrected chi connectivity index (χ0v) is 12.9. The zero-order chi connectivity index (χ0) is 16.0. The molecule has 1 saturated carbocycles. The molecule has 3 unspecified atom stereocenters. The van der Waals surface area contributed by atoms with Crippen LogP contribution in [0.15, 0.2) is 30.5 Å². The number of hydrogen-bond donors (Lipinski definition) is 1. The van der Waals surface area contributed by atoms with Crippen molar-refractivity contribution in [1.82, 2.24) is 4.98 Å². The van der Waals surface area contributed by atoms with Gasteiger partial charge in [0.1, 0.15) is 11.9 Å². The first kappa shape index (κ1) is 14.4. The summed E-state index contributed by atoms with van der Waals surface area (Å²) < 4.78 is 0. The summed E-state index contributed by atoms with van der Waals surface area (Å²) in [6, 6.07) is 7.85. The number of aromatic nitrogens is 1. The highest BCUT2D eigenvalue weighted by molar-refractivity contribution is 5.96. The summed E-state index contributed by atoms with van der Waals surface area (Å²) in [6.45, 7) is 1.66. The molecule has 1 aliphatic carbocycles. The lowest BCUT2D eigenvalue weighted by Gasteiger charge is -2.29. The lowest BCUT2D eigenvalue weighted by atomic mass is 9.78. The minimum Gasteiger partial charge on any atom is -0.365 e. The fourth-order valence-corrected chi connectivity index (χ4v) is 4.28. The summed E-state index contributed by atoms with van der Waals surface area (Å²) in [5, 5.41) is 12.4. The molecule has 2 fully saturated rings. The fraction of sp³-hybridized carbons (Fsp3) is 0.471. The van der Waals surface area contributed by atoms with Crippen LogP contribution in [-0.4, -0.2) is 29.0 Å². The van der Waals surface area contributed by atoms with Gasteiger partial charge in [0.15, 0.2) is 0 Å². The summed E-state index contributed by atoms with van der Waals surface area (Å²) in [4.78, 5) is 17.6. The summed E-state index contributed by atoms with van der Waals surface area (Å²) in [7, 11) is 0. The fourth-order valence-electron chi connectivity index (χ4n) is 4.28. The Kier molecular flexibility index (Phi) is 3.41. The van der Waals surface area contributed by atoms with Gasteiger partial charge in [-0.2, -0.15) is 0 Å². The van der Waals surface area contributed by atoms with Crippen LogP contribution < -0.4 is 10.6 Å². The molecule has 6 heteroatoms. The Bertz CT molecular complexity index is 763. The molecule has 120 valence electrons. The van der Waals surface area contributed by atoms with Crippen LogP contribution in [0, 0.1) is 22.0 Å². The van der Waals surface area contributed by atoms with Crippen LogP contribution in [0.2, 0.25) is 0 Å². The van der Waals surface area contributed by atoms with E-state index in [1.54, 1.807) is 0 Å². The van der Waals surface area contributed by atoms with Crippen LogP contribution in [0.1, 0.15) is 19.3 Å². The summed E-state index contributed by atoms with van der Waals surface area (Å²) >= 11 is 0. The molecule has 1 aliphatic heterocycles. The number of nitro groups is 1. The van der Waals surface area contributed by atoms with Crippen molar-refractivity contribution in [3.63, 3.8) is 0 Å². The molecule has 0 bridgehead atoms. The third-order valence-corrected chi connectivity index (χ3v) is 5.39. The van der Waals surface area contributed by atoms with Gasteiger partial charge in [0.2, 0.25) is 0 Å². The maximum atomic E-state index is 11.5. The standard InChI is InChI=1S/C17H20N4O2/c18-14-6-3-4-11-9-20(10-13(11)14)17-12-5-1-2-7-15(12)19-8-16(17)21(22)23/h1-2,5,7-8,11,13-14H,3-4,6,9-10,18H2. The molecule has 4 rings (SSSR count). The highest BCUT2D eigenvalue weighted by Gasteiger charge is 2.40. The predicted octanol–water partition coefficient (Wildman–Crippen LogP) is 2.71. The van der Waals surface area contributed by atoms with Gasteiger partial charge in [-0.15, -0.1) is 0 Å². The van der Waals surface area contributed by atoms with Gasteiger partial charge in [0.25, 0.3) is 0 Å². The third-order valence-electron chi connectivity index (χ3n) is 5.39. The van der Waals surface area contributed by atoms with Gasteiger partial charge in [0.05, 0.1) is 10.4 Å². The largest absolute Gasteiger partial charge is 0.365 e. The highest BCUT2D eigenvalue weighted by atomic mass is 16.6. The molecule has 2 aromatic rings. The van der Waals surface area contributed by atoms with Crippen LogP contribution in [0.25, 0.3) is 10.9 Å². The van der Waals surface area contributed by atoms with Crippen LogP contribution in [0.4, 0.5) is 11.4 Å². The molecule has 2 aliphatic rings. The van der Waals surface area contributed by atoms with E-state index in [-0.39, 0.29) is 16.7 Å². The second kappa shape index (κ2) is 5.45. The summed E-state index contributed by atoms with van der Waals surface area (Å²) in [5.41, 5.74) is 7.90. The van der Waals surface area contributed by atoms with Crippen LogP contribution in [0.5, 0.6) is 0 Å². The number of para-hydroxylation sites is 1. The van der Waals surface area contributed by atoms with Gasteiger partial charge in [-0.3, -0.25) is 10.1 Å². The van der Waals surface area contributed by atoms with E-state index in [4.69, 9.17) is 5.73 Å². The SMILES string of the molecule is NC1CCCC2CN(c3c([N+](=O)[O-])cnc4ccccc34)CC12. The van der Waals surface area contributed by atoms with Gasteiger partial charge in [0, 0.05) is 24.5 Å². The van der Waals surface area contributed by atoms with Crippen molar-refractivity contribution in [3.8, 4) is 0 Å². The van der Waals surface area contributed by atoms with Crippen molar-refractivity contribution in [1.29, 1.82) is 0 Å². The summed E-state index contributed by atoms with van der Waals surface area (Å²) in [5.74, 6) is 0.987. The van der Waals surface area contributed by atoms with Crippen molar-refractivity contribution in [3.05, 3.63) is 40.6 Å². The van der Waals surface area contributed by atoms with E-state index >= 15 is 0 Å². The van der Waals surface area contributed by atoms with E-state index in [0.717, 1.165) is 36.8 Å². The molecule has 0 amide bonds. The highest BCUT2D eigenvalue weighted by Crippen LogP contribution is 2.42. The number of pyridine rings is 1. The number of rotatable bonds is 2. The average molecular weight is 312 g/mol. The number of anilines is 1. The number of benzene rings is 1. The van der Waals surface area contributed by atoms with Gasteiger partial charge in [-0.1, -0.05) is 24.6 Å². The Hall–Kier alpha value is -2.21. The first-order valence-corrected chi connectivity index (χ1v) is 8.18. The van der Waals surface area contributed by atoms with E-state index in [2.05, 4.69) is 9.88 Å². The Morgan fingerprint density at radius 1 is 1.26 bits per heavy atom. The van der Waals surface area contributed by atoms with Crippen molar-refractivity contribution >= 4 is 22.3 Å². The minimum absolute atomic E-state index is 0.0934. The smallest absolute Gasteiger partial charge is 0.311 e. The number of hydrogen-bond acceptors (Lipinski definition) is 5. The Balaban J connectivity index is 1.81. The Morgan fingerprint density at radius 3 is 2.87 bits per heavy atom.